The van der Waals surface area contributed by atoms with Crippen molar-refractivity contribution in [3.63, 3.8) is 0 Å². The Kier molecular flexibility index (Phi) is 5.35. The number of alkyl halides is 3. The predicted molar refractivity (Wildman–Crippen MR) is 92.3 cm³/mol. The zero-order valence-corrected chi connectivity index (χ0v) is 14.8. The second-order valence-corrected chi connectivity index (χ2v) is 7.57. The summed E-state index contributed by atoms with van der Waals surface area (Å²) in [4.78, 5) is 23.1. The van der Waals surface area contributed by atoms with Gasteiger partial charge in [-0.25, -0.2) is 4.79 Å². The van der Waals surface area contributed by atoms with Crippen LogP contribution in [0.5, 0.6) is 0 Å². The molecule has 5 nitrogen and oxygen atoms in total. The summed E-state index contributed by atoms with van der Waals surface area (Å²) in [5.41, 5.74) is -0.509. The first-order valence-electron chi connectivity index (χ1n) is 9.14. The van der Waals surface area contributed by atoms with Crippen molar-refractivity contribution in [2.24, 2.45) is 5.92 Å². The fourth-order valence-corrected chi connectivity index (χ4v) is 3.71. The Balaban J connectivity index is 1.51. The number of amides is 2. The third-order valence-electron chi connectivity index (χ3n) is 5.65. The zero-order chi connectivity index (χ0) is 19.7. The molecule has 0 aromatic heterocycles. The maximum atomic E-state index is 12.9. The summed E-state index contributed by atoms with van der Waals surface area (Å²) < 4.78 is 38.7. The molecule has 2 fully saturated rings. The average molecular weight is 384 g/mol. The molecule has 0 bridgehead atoms. The second-order valence-electron chi connectivity index (χ2n) is 7.57. The molecule has 0 aliphatic heterocycles. The van der Waals surface area contributed by atoms with Gasteiger partial charge < -0.3 is 15.7 Å². The molecule has 8 heteroatoms. The van der Waals surface area contributed by atoms with E-state index in [-0.39, 0.29) is 24.5 Å². The van der Waals surface area contributed by atoms with E-state index in [2.05, 4.69) is 10.6 Å². The molecule has 2 aliphatic rings. The highest BCUT2D eigenvalue weighted by Gasteiger charge is 2.45. The highest BCUT2D eigenvalue weighted by molar-refractivity contribution is 5.74. The Morgan fingerprint density at radius 1 is 1.15 bits per heavy atom. The van der Waals surface area contributed by atoms with E-state index in [1.165, 1.54) is 12.1 Å². The van der Waals surface area contributed by atoms with Crippen LogP contribution in [0.15, 0.2) is 24.3 Å². The number of hydrogen-bond donors (Lipinski definition) is 3. The maximum Gasteiger partial charge on any atom is 0.416 e. The van der Waals surface area contributed by atoms with Crippen LogP contribution in [0.1, 0.15) is 49.7 Å². The molecule has 0 saturated heterocycles. The molecule has 0 spiro atoms. The molecule has 27 heavy (non-hydrogen) atoms. The molecule has 2 aliphatic carbocycles. The van der Waals surface area contributed by atoms with Gasteiger partial charge in [-0.05, 0) is 50.2 Å². The summed E-state index contributed by atoms with van der Waals surface area (Å²) in [6.45, 7) is 0.282. The second kappa shape index (κ2) is 7.40. The molecule has 0 radical (unpaired) electrons. The minimum Gasteiger partial charge on any atom is -0.481 e. The Morgan fingerprint density at radius 3 is 2.37 bits per heavy atom. The van der Waals surface area contributed by atoms with Gasteiger partial charge in [-0.2, -0.15) is 13.2 Å². The van der Waals surface area contributed by atoms with Gasteiger partial charge in [0, 0.05) is 18.0 Å². The Labute approximate surface area is 155 Å². The molecular formula is C19H23F3N2O3. The van der Waals surface area contributed by atoms with Crippen LogP contribution < -0.4 is 10.6 Å². The number of carbonyl (C=O) groups is 2. The van der Waals surface area contributed by atoms with Gasteiger partial charge in [-0.3, -0.25) is 4.79 Å². The lowest BCUT2D eigenvalue weighted by molar-refractivity contribution is -0.143. The smallest absolute Gasteiger partial charge is 0.416 e. The van der Waals surface area contributed by atoms with E-state index in [0.717, 1.165) is 18.9 Å². The first kappa shape index (κ1) is 19.5. The fraction of sp³-hybridized carbons (Fsp3) is 0.579. The highest BCUT2D eigenvalue weighted by atomic mass is 19.4. The van der Waals surface area contributed by atoms with E-state index in [0.29, 0.717) is 31.2 Å². The Morgan fingerprint density at radius 2 is 1.81 bits per heavy atom. The number of carboxylic acids is 1. The first-order valence-corrected chi connectivity index (χ1v) is 9.14. The molecular weight excluding hydrogens is 361 g/mol. The number of hydrogen-bond acceptors (Lipinski definition) is 2. The molecule has 0 unspecified atom stereocenters. The van der Waals surface area contributed by atoms with Gasteiger partial charge in [0.2, 0.25) is 0 Å². The predicted octanol–water partition coefficient (Wildman–Crippen LogP) is 3.68. The summed E-state index contributed by atoms with van der Waals surface area (Å²) in [6.07, 6.45) is -0.614. The van der Waals surface area contributed by atoms with E-state index >= 15 is 0 Å². The van der Waals surface area contributed by atoms with E-state index in [1.54, 1.807) is 6.07 Å². The largest absolute Gasteiger partial charge is 0.481 e. The molecule has 3 rings (SSSR count). The monoisotopic (exact) mass is 384 g/mol. The summed E-state index contributed by atoms with van der Waals surface area (Å²) in [5, 5.41) is 14.6. The number of benzene rings is 1. The first-order chi connectivity index (χ1) is 12.7. The molecule has 1 aromatic rings. The van der Waals surface area contributed by atoms with E-state index in [1.807, 2.05) is 0 Å². The number of carbonyl (C=O) groups excluding carboxylic acids is 1. The van der Waals surface area contributed by atoms with Crippen LogP contribution in [0.3, 0.4) is 0 Å². The molecule has 0 atom stereocenters. The number of aliphatic carboxylic acids is 1. The lowest BCUT2D eigenvalue weighted by atomic mass is 9.86. The maximum absolute atomic E-state index is 12.9. The summed E-state index contributed by atoms with van der Waals surface area (Å²) >= 11 is 0. The minimum atomic E-state index is -4.38. The fourth-order valence-electron chi connectivity index (χ4n) is 3.71. The van der Waals surface area contributed by atoms with Crippen molar-refractivity contribution < 1.29 is 27.9 Å². The number of carboxylic acid groups (broad SMARTS) is 1. The van der Waals surface area contributed by atoms with Crippen molar-refractivity contribution in [2.75, 3.05) is 6.54 Å². The van der Waals surface area contributed by atoms with Crippen LogP contribution in [0, 0.1) is 5.92 Å². The standard InChI is InChI=1S/C19H23F3N2O3/c20-19(21,22)14-3-1-2-13(10-14)18(8-9-18)11-23-17(27)24-15-6-4-12(5-7-15)16(25)26/h1-3,10,12,15H,4-9,11H2,(H,25,26)(H2,23,24,27). The molecule has 3 N–H and O–H groups in total. The normalized spacial score (nSPS) is 24.1. The lowest BCUT2D eigenvalue weighted by Crippen LogP contribution is -2.46. The van der Waals surface area contributed by atoms with Crippen molar-refractivity contribution >= 4 is 12.0 Å². The van der Waals surface area contributed by atoms with Crippen LogP contribution in [0.4, 0.5) is 18.0 Å². The third-order valence-corrected chi connectivity index (χ3v) is 5.65. The van der Waals surface area contributed by atoms with Crippen LogP contribution >= 0.6 is 0 Å². The number of urea groups is 1. The SMILES string of the molecule is O=C(NCC1(c2cccc(C(F)(F)F)c2)CC1)NC1CCC(C(=O)O)CC1. The van der Waals surface area contributed by atoms with Crippen molar-refractivity contribution in [3.8, 4) is 0 Å². The molecule has 0 heterocycles. The zero-order valence-electron chi connectivity index (χ0n) is 14.8. The Bertz CT molecular complexity index is 708. The number of nitrogens with one attached hydrogen (secondary N) is 2. The van der Waals surface area contributed by atoms with Gasteiger partial charge in [0.15, 0.2) is 0 Å². The van der Waals surface area contributed by atoms with E-state index in [4.69, 9.17) is 5.11 Å². The summed E-state index contributed by atoms with van der Waals surface area (Å²) in [7, 11) is 0. The van der Waals surface area contributed by atoms with Gasteiger partial charge in [0.25, 0.3) is 0 Å². The number of halogens is 3. The molecule has 148 valence electrons. The van der Waals surface area contributed by atoms with Crippen molar-refractivity contribution in [3.05, 3.63) is 35.4 Å². The van der Waals surface area contributed by atoms with Gasteiger partial charge in [0.05, 0.1) is 11.5 Å². The van der Waals surface area contributed by atoms with E-state index < -0.39 is 23.1 Å². The van der Waals surface area contributed by atoms with E-state index in [9.17, 15) is 22.8 Å². The molecule has 2 amide bonds. The van der Waals surface area contributed by atoms with Gasteiger partial charge in [-0.15, -0.1) is 0 Å². The topological polar surface area (TPSA) is 78.4 Å². The third kappa shape index (κ3) is 4.73. The molecule has 1 aromatic carbocycles. The van der Waals surface area contributed by atoms with Crippen LogP contribution in [0.2, 0.25) is 0 Å². The Hall–Kier alpha value is -2.25. The van der Waals surface area contributed by atoms with Crippen LogP contribution in [-0.4, -0.2) is 29.7 Å². The quantitative estimate of drug-likeness (QED) is 0.725. The van der Waals surface area contributed by atoms with Crippen molar-refractivity contribution in [2.45, 2.75) is 56.2 Å². The average Bonchev–Trinajstić information content (AvgIpc) is 3.41. The van der Waals surface area contributed by atoms with Crippen molar-refractivity contribution in [1.82, 2.24) is 10.6 Å². The van der Waals surface area contributed by atoms with Crippen LogP contribution in [-0.2, 0) is 16.4 Å². The summed E-state index contributed by atoms with van der Waals surface area (Å²) in [5.74, 6) is -1.14. The lowest BCUT2D eigenvalue weighted by Gasteiger charge is -2.27. The highest BCUT2D eigenvalue weighted by Crippen LogP contribution is 2.48. The minimum absolute atomic E-state index is 0.0655. The summed E-state index contributed by atoms with van der Waals surface area (Å²) in [6, 6.07) is 4.87. The van der Waals surface area contributed by atoms with Gasteiger partial charge >= 0.3 is 18.2 Å². The van der Waals surface area contributed by atoms with Gasteiger partial charge in [-0.1, -0.05) is 18.2 Å². The molecule has 2 saturated carbocycles. The van der Waals surface area contributed by atoms with Crippen LogP contribution in [0.25, 0.3) is 0 Å². The van der Waals surface area contributed by atoms with Crippen molar-refractivity contribution in [1.29, 1.82) is 0 Å². The number of rotatable bonds is 5. The van der Waals surface area contributed by atoms with Gasteiger partial charge in [0.1, 0.15) is 0 Å².